The van der Waals surface area contributed by atoms with E-state index >= 15 is 4.57 Å². The second-order valence-electron chi connectivity index (χ2n) is 15.8. The van der Waals surface area contributed by atoms with Gasteiger partial charge in [-0.1, -0.05) is 83.1 Å². The lowest BCUT2D eigenvalue weighted by Gasteiger charge is -2.34. The van der Waals surface area contributed by atoms with Gasteiger partial charge < -0.3 is 23.5 Å². The molecule has 0 aliphatic rings. The van der Waals surface area contributed by atoms with Gasteiger partial charge in [0.25, 0.3) is 0 Å². The molecule has 44 heavy (non-hydrogen) atoms. The van der Waals surface area contributed by atoms with E-state index in [0.29, 0.717) is 16.8 Å². The summed E-state index contributed by atoms with van der Waals surface area (Å²) >= 11 is 0. The minimum atomic E-state index is -3.57. The number of benzene rings is 3. The van der Waals surface area contributed by atoms with Crippen LogP contribution in [0.4, 0.5) is 0 Å². The molecule has 5 nitrogen and oxygen atoms in total. The molecule has 0 amide bonds. The quantitative estimate of drug-likeness (QED) is 0.247. The molecule has 0 saturated heterocycles. The van der Waals surface area contributed by atoms with E-state index in [4.69, 9.17) is 18.9 Å². The van der Waals surface area contributed by atoms with E-state index in [9.17, 15) is 0 Å². The van der Waals surface area contributed by atoms with Crippen LogP contribution in [0, 0.1) is 0 Å². The van der Waals surface area contributed by atoms with Crippen molar-refractivity contribution in [1.29, 1.82) is 0 Å². The molecule has 0 aliphatic heterocycles. The average molecular weight is 623 g/mol. The van der Waals surface area contributed by atoms with E-state index in [1.54, 1.807) is 28.4 Å². The molecule has 0 spiro atoms. The van der Waals surface area contributed by atoms with Gasteiger partial charge in [-0.05, 0) is 58.1 Å². The molecule has 0 radical (unpaired) electrons. The third-order valence-electron chi connectivity index (χ3n) is 8.21. The highest BCUT2D eigenvalue weighted by molar-refractivity contribution is 7.85. The summed E-state index contributed by atoms with van der Waals surface area (Å²) < 4.78 is 40.1. The van der Waals surface area contributed by atoms with Crippen molar-refractivity contribution in [1.82, 2.24) is 0 Å². The molecule has 0 fully saturated rings. The first-order valence-electron chi connectivity index (χ1n) is 15.3. The van der Waals surface area contributed by atoms with Crippen molar-refractivity contribution < 1.29 is 23.5 Å². The summed E-state index contributed by atoms with van der Waals surface area (Å²) in [4.78, 5) is 0. The number of methoxy groups -OCH3 is 4. The van der Waals surface area contributed by atoms with E-state index in [1.807, 2.05) is 18.2 Å². The summed E-state index contributed by atoms with van der Waals surface area (Å²) in [5.41, 5.74) is 2.96. The molecule has 0 unspecified atom stereocenters. The average Bonchev–Trinajstić information content (AvgIpc) is 2.92. The van der Waals surface area contributed by atoms with Gasteiger partial charge in [-0.2, -0.15) is 0 Å². The second kappa shape index (κ2) is 12.1. The van der Waals surface area contributed by atoms with Crippen molar-refractivity contribution >= 4 is 23.1 Å². The van der Waals surface area contributed by atoms with E-state index in [1.165, 1.54) is 0 Å². The van der Waals surface area contributed by atoms with E-state index < -0.39 is 7.14 Å². The zero-order chi connectivity index (χ0) is 33.6. The molecular weight excluding hydrogens is 567 g/mol. The molecule has 3 rings (SSSR count). The SMILES string of the molecule is COc1cc(OC)cc(P(=O)(c2cc(C(C)(C)C)c(OC)c(C(C)(C)C)c2)c2cc(C(C)(C)C)c(OC)c(C(C)(C)C)c2)c1. The Morgan fingerprint density at radius 3 is 0.864 bits per heavy atom. The number of hydrogen-bond acceptors (Lipinski definition) is 5. The van der Waals surface area contributed by atoms with Crippen LogP contribution in [0.1, 0.15) is 105 Å². The van der Waals surface area contributed by atoms with Gasteiger partial charge >= 0.3 is 0 Å². The molecule has 0 heterocycles. The summed E-state index contributed by atoms with van der Waals surface area (Å²) in [7, 11) is 3.11. The number of rotatable bonds is 7. The molecule has 3 aromatic rings. The van der Waals surface area contributed by atoms with Crippen molar-refractivity contribution in [2.75, 3.05) is 28.4 Å². The first-order chi connectivity index (χ1) is 20.0. The van der Waals surface area contributed by atoms with Crippen LogP contribution in [-0.2, 0) is 26.2 Å². The maximum atomic E-state index is 16.5. The predicted molar refractivity (Wildman–Crippen MR) is 187 cm³/mol. The Morgan fingerprint density at radius 1 is 0.409 bits per heavy atom. The van der Waals surface area contributed by atoms with Crippen LogP contribution < -0.4 is 34.9 Å². The Morgan fingerprint density at radius 2 is 0.659 bits per heavy atom. The molecular formula is C38H55O5P. The molecule has 0 saturated carbocycles. The van der Waals surface area contributed by atoms with Crippen LogP contribution in [-0.4, -0.2) is 28.4 Å². The van der Waals surface area contributed by atoms with Gasteiger partial charge in [-0.3, -0.25) is 0 Å². The highest BCUT2D eigenvalue weighted by atomic mass is 31.2. The van der Waals surface area contributed by atoms with Crippen molar-refractivity contribution in [3.05, 3.63) is 64.7 Å². The van der Waals surface area contributed by atoms with Gasteiger partial charge in [0.05, 0.1) is 28.4 Å². The van der Waals surface area contributed by atoms with Crippen LogP contribution in [0.3, 0.4) is 0 Å². The molecule has 0 atom stereocenters. The van der Waals surface area contributed by atoms with Crippen LogP contribution in [0.2, 0.25) is 0 Å². The standard InChI is InChI=1S/C38H55O5P/c1-35(2,3)29-20-27(21-30(33(29)42-15)36(4,5)6)44(39,26-18-24(40-13)17-25(19-26)41-14)28-22-31(37(7,8)9)34(43-16)32(23-28)38(10,11)12/h17-23H,1-16H3. The third kappa shape index (κ3) is 6.84. The van der Waals surface area contributed by atoms with Gasteiger partial charge in [0.15, 0.2) is 7.14 Å². The molecule has 0 N–H and O–H groups in total. The van der Waals surface area contributed by atoms with Crippen LogP contribution in [0.15, 0.2) is 42.5 Å². The Bertz CT molecular complexity index is 1380. The Hall–Kier alpha value is -2.91. The molecule has 3 aromatic carbocycles. The number of ether oxygens (including phenoxy) is 4. The largest absolute Gasteiger partial charge is 0.497 e. The third-order valence-corrected chi connectivity index (χ3v) is 11.2. The normalized spacial score (nSPS) is 13.1. The van der Waals surface area contributed by atoms with Gasteiger partial charge in [0.1, 0.15) is 23.0 Å². The smallest absolute Gasteiger partial charge is 0.171 e. The topological polar surface area (TPSA) is 54.0 Å². The summed E-state index contributed by atoms with van der Waals surface area (Å²) in [6.45, 7) is 26.0. The van der Waals surface area contributed by atoms with Crippen LogP contribution >= 0.6 is 7.14 Å². The van der Waals surface area contributed by atoms with Gasteiger partial charge in [-0.15, -0.1) is 0 Å². The molecule has 0 aliphatic carbocycles. The minimum Gasteiger partial charge on any atom is -0.497 e. The fraction of sp³-hybridized carbons (Fsp3) is 0.526. The van der Waals surface area contributed by atoms with E-state index in [0.717, 1.165) is 44.4 Å². The summed E-state index contributed by atoms with van der Waals surface area (Å²) in [5, 5.41) is 2.13. The Balaban J connectivity index is 2.72. The second-order valence-corrected chi connectivity index (χ2v) is 18.6. The van der Waals surface area contributed by atoms with Crippen molar-refractivity contribution in [3.8, 4) is 23.0 Å². The van der Waals surface area contributed by atoms with E-state index in [2.05, 4.69) is 107 Å². The summed E-state index contributed by atoms with van der Waals surface area (Å²) in [6, 6.07) is 14.0. The van der Waals surface area contributed by atoms with Gasteiger partial charge in [0.2, 0.25) is 0 Å². The molecule has 242 valence electrons. The fourth-order valence-electron chi connectivity index (χ4n) is 5.68. The Kier molecular flexibility index (Phi) is 9.80. The van der Waals surface area contributed by atoms with Crippen molar-refractivity contribution in [3.63, 3.8) is 0 Å². The lowest BCUT2D eigenvalue weighted by molar-refractivity contribution is 0.381. The van der Waals surface area contributed by atoms with Gasteiger partial charge in [0, 0.05) is 44.2 Å². The van der Waals surface area contributed by atoms with Gasteiger partial charge in [-0.25, -0.2) is 0 Å². The molecule has 6 heteroatoms. The van der Waals surface area contributed by atoms with Crippen LogP contribution in [0.5, 0.6) is 23.0 Å². The van der Waals surface area contributed by atoms with Crippen LogP contribution in [0.25, 0.3) is 0 Å². The maximum absolute atomic E-state index is 16.5. The fourth-order valence-corrected chi connectivity index (χ4v) is 8.44. The minimum absolute atomic E-state index is 0.273. The highest BCUT2D eigenvalue weighted by Crippen LogP contribution is 2.51. The predicted octanol–water partition coefficient (Wildman–Crippen LogP) is 8.55. The summed E-state index contributed by atoms with van der Waals surface area (Å²) in [5.74, 6) is 2.84. The lowest BCUT2D eigenvalue weighted by Crippen LogP contribution is -2.31. The first-order valence-corrected chi connectivity index (χ1v) is 17.1. The zero-order valence-corrected chi connectivity index (χ0v) is 30.9. The Labute approximate surface area is 267 Å². The molecule has 0 aromatic heterocycles. The van der Waals surface area contributed by atoms with Crippen molar-refractivity contribution in [2.45, 2.75) is 105 Å². The first kappa shape index (κ1) is 35.6. The van der Waals surface area contributed by atoms with Crippen molar-refractivity contribution in [2.24, 2.45) is 0 Å². The lowest BCUT2D eigenvalue weighted by atomic mass is 9.79. The highest BCUT2D eigenvalue weighted by Gasteiger charge is 2.39. The monoisotopic (exact) mass is 622 g/mol. The number of hydrogen-bond donors (Lipinski definition) is 0. The summed E-state index contributed by atoms with van der Waals surface area (Å²) in [6.07, 6.45) is 0. The molecule has 0 bridgehead atoms. The zero-order valence-electron chi connectivity index (χ0n) is 30.0. The van der Waals surface area contributed by atoms with E-state index in [-0.39, 0.29) is 21.7 Å². The maximum Gasteiger partial charge on any atom is 0.171 e.